The minimum atomic E-state index is 0.685. The molecule has 0 amide bonds. The topological polar surface area (TPSA) is 80.0 Å². The van der Waals surface area contributed by atoms with Gasteiger partial charge >= 0.3 is 0 Å². The fourth-order valence-corrected chi connectivity index (χ4v) is 11.9. The summed E-state index contributed by atoms with van der Waals surface area (Å²) in [4.78, 5) is 0. The second kappa shape index (κ2) is 13.1. The molecule has 0 fully saturated rings. The van der Waals surface area contributed by atoms with Gasteiger partial charge in [-0.3, -0.25) is 4.57 Å². The van der Waals surface area contributed by atoms with Crippen molar-refractivity contribution in [3.63, 3.8) is 0 Å². The van der Waals surface area contributed by atoms with E-state index in [4.69, 9.17) is 23.4 Å². The Bertz CT molecular complexity index is 5150. The lowest BCUT2D eigenvalue weighted by Gasteiger charge is -2.18. The van der Waals surface area contributed by atoms with E-state index in [1.807, 2.05) is 36.4 Å². The molecule has 0 aliphatic heterocycles. The first-order valence-electron chi connectivity index (χ1n) is 23.6. The van der Waals surface area contributed by atoms with Gasteiger partial charge in [-0.05, 0) is 72.8 Å². The molecule has 324 valence electrons. The number of nitrogens with zero attached hydrogens (tertiary/aromatic N) is 5. The smallest absolute Gasteiger partial charge is 0.185 e. The Labute approximate surface area is 395 Å². The lowest BCUT2D eigenvalue weighted by Crippen LogP contribution is -2.09. The number of aromatic nitrogens is 5. The highest BCUT2D eigenvalue weighted by atomic mass is 16.3. The van der Waals surface area contributed by atoms with E-state index in [0.29, 0.717) is 5.82 Å². The minimum absolute atomic E-state index is 0.685. The first-order valence-corrected chi connectivity index (χ1v) is 23.6. The molecule has 0 bridgehead atoms. The fourth-order valence-electron chi connectivity index (χ4n) is 11.9. The average Bonchev–Trinajstić information content (AvgIpc) is 4.25. The van der Waals surface area contributed by atoms with Gasteiger partial charge < -0.3 is 22.4 Å². The zero-order valence-corrected chi connectivity index (χ0v) is 37.0. The fraction of sp³-hybridized carbons (Fsp3) is 0. The van der Waals surface area contributed by atoms with Crippen molar-refractivity contribution >= 4 is 142 Å². The van der Waals surface area contributed by atoms with Crippen molar-refractivity contribution in [2.24, 2.45) is 0 Å². The third-order valence-electron chi connectivity index (χ3n) is 14.9. The van der Waals surface area contributed by atoms with E-state index in [2.05, 4.69) is 177 Å². The molecule has 0 spiro atoms. The van der Waals surface area contributed by atoms with Crippen LogP contribution in [-0.2, 0) is 0 Å². The number of furan rings is 3. The second-order valence-electron chi connectivity index (χ2n) is 18.5. The molecule has 0 aliphatic rings. The number of para-hydroxylation sites is 6. The van der Waals surface area contributed by atoms with E-state index in [-0.39, 0.29) is 0 Å². The molecule has 10 aromatic carbocycles. The Balaban J connectivity index is 1.04. The van der Waals surface area contributed by atoms with Crippen LogP contribution in [0.15, 0.2) is 213 Å². The molecule has 8 nitrogen and oxygen atoms in total. The summed E-state index contributed by atoms with van der Waals surface area (Å²) in [6.07, 6.45) is 0. The molecule has 70 heavy (non-hydrogen) atoms. The standard InChI is InChI=1S/C62H33N5O3/c1-7-19-49-35(13-1)41-28-44-38-16-4-10-22-55(38)68-58(44)31-52(41)65(49)34-25-26-48-47(27-34)61(66-50-20-8-2-14-36(50)42-29-45-39-17-5-11-23-56(39)69-59(45)32-53(42)66)62(64-63-48)67-51-21-9-3-15-37(51)43-30-46-40-18-6-12-24-57(40)70-60(46)33-54(43)67/h1-33H. The van der Waals surface area contributed by atoms with E-state index in [1.165, 1.54) is 0 Å². The molecule has 0 N–H and O–H groups in total. The molecule has 0 atom stereocenters. The van der Waals surface area contributed by atoms with Crippen LogP contribution in [0, 0.1) is 0 Å². The van der Waals surface area contributed by atoms with E-state index < -0.39 is 0 Å². The number of hydrogen-bond donors (Lipinski definition) is 0. The molecular formula is C62H33N5O3. The number of fused-ring (bicyclic) bond motifs is 19. The van der Waals surface area contributed by atoms with Crippen molar-refractivity contribution in [3.05, 3.63) is 200 Å². The van der Waals surface area contributed by atoms with E-state index in [0.717, 1.165) is 154 Å². The number of benzene rings is 10. The summed E-state index contributed by atoms with van der Waals surface area (Å²) in [5.74, 6) is 0.685. The Morgan fingerprint density at radius 3 is 1.16 bits per heavy atom. The van der Waals surface area contributed by atoms with Gasteiger partial charge in [0.15, 0.2) is 5.82 Å². The van der Waals surface area contributed by atoms with Crippen molar-refractivity contribution < 1.29 is 13.3 Å². The van der Waals surface area contributed by atoms with Gasteiger partial charge in [0.1, 0.15) is 39.2 Å². The van der Waals surface area contributed by atoms with Crippen LogP contribution in [0.1, 0.15) is 0 Å². The van der Waals surface area contributed by atoms with Crippen LogP contribution in [0.2, 0.25) is 0 Å². The van der Waals surface area contributed by atoms with Crippen molar-refractivity contribution in [1.82, 2.24) is 23.9 Å². The van der Waals surface area contributed by atoms with Gasteiger partial charge in [0.2, 0.25) is 0 Å². The highest BCUT2D eigenvalue weighted by Gasteiger charge is 2.26. The van der Waals surface area contributed by atoms with Gasteiger partial charge in [-0.1, -0.05) is 109 Å². The van der Waals surface area contributed by atoms with Crippen molar-refractivity contribution in [1.29, 1.82) is 0 Å². The lowest BCUT2D eigenvalue weighted by atomic mass is 10.1. The molecule has 17 aromatic rings. The Morgan fingerprint density at radius 2 is 0.657 bits per heavy atom. The molecule has 0 unspecified atom stereocenters. The number of rotatable bonds is 3. The molecule has 8 heteroatoms. The Hall–Kier alpha value is -9.66. The first kappa shape index (κ1) is 36.5. The third kappa shape index (κ3) is 4.69. The summed E-state index contributed by atoms with van der Waals surface area (Å²) in [6.45, 7) is 0. The molecule has 0 saturated carbocycles. The van der Waals surface area contributed by atoms with Gasteiger partial charge in [-0.2, -0.15) is 0 Å². The molecule has 0 radical (unpaired) electrons. The minimum Gasteiger partial charge on any atom is -0.456 e. The van der Waals surface area contributed by atoms with Crippen LogP contribution in [0.3, 0.4) is 0 Å². The summed E-state index contributed by atoms with van der Waals surface area (Å²) >= 11 is 0. The molecule has 0 saturated heterocycles. The quantitative estimate of drug-likeness (QED) is 0.176. The van der Waals surface area contributed by atoms with Gasteiger partial charge in [-0.15, -0.1) is 10.2 Å². The highest BCUT2D eigenvalue weighted by Crippen LogP contribution is 2.45. The van der Waals surface area contributed by atoms with E-state index in [9.17, 15) is 0 Å². The van der Waals surface area contributed by atoms with Crippen LogP contribution >= 0.6 is 0 Å². The maximum absolute atomic E-state index is 6.65. The molecular weight excluding hydrogens is 863 g/mol. The second-order valence-corrected chi connectivity index (χ2v) is 18.5. The normalized spacial score (nSPS) is 12.6. The lowest BCUT2D eigenvalue weighted by molar-refractivity contribution is 0.669. The van der Waals surface area contributed by atoms with Crippen LogP contribution in [-0.4, -0.2) is 23.9 Å². The van der Waals surface area contributed by atoms with Crippen molar-refractivity contribution in [2.45, 2.75) is 0 Å². The van der Waals surface area contributed by atoms with Crippen molar-refractivity contribution in [3.8, 4) is 17.2 Å². The summed E-state index contributed by atoms with van der Waals surface area (Å²) in [7, 11) is 0. The number of hydrogen-bond acceptors (Lipinski definition) is 5. The highest BCUT2D eigenvalue weighted by molar-refractivity contribution is 6.21. The molecule has 7 aromatic heterocycles. The Kier molecular flexibility index (Phi) is 6.80. The van der Waals surface area contributed by atoms with Gasteiger partial charge in [0, 0.05) is 93.9 Å². The summed E-state index contributed by atoms with van der Waals surface area (Å²) in [6, 6.07) is 70.8. The average molecular weight is 896 g/mol. The van der Waals surface area contributed by atoms with Gasteiger partial charge in [0.25, 0.3) is 0 Å². The summed E-state index contributed by atoms with van der Waals surface area (Å²) in [5.41, 5.74) is 13.9. The summed E-state index contributed by atoms with van der Waals surface area (Å²) in [5, 5.41) is 24.7. The summed E-state index contributed by atoms with van der Waals surface area (Å²) < 4.78 is 26.8. The molecule has 7 heterocycles. The largest absolute Gasteiger partial charge is 0.456 e. The van der Waals surface area contributed by atoms with Crippen LogP contribution in [0.5, 0.6) is 0 Å². The SMILES string of the molecule is c1ccc2c(c1)oc1cc3c(cc12)c1ccccc1n3-c1ccc2nnc(-n3c4ccccc4c4cc5c(cc43)oc3ccccc35)c(-n3c4ccccc4c4cc5c(cc43)oc3ccccc35)c2c1. The predicted octanol–water partition coefficient (Wildman–Crippen LogP) is 16.6. The molecule has 17 rings (SSSR count). The zero-order valence-electron chi connectivity index (χ0n) is 37.0. The Morgan fingerprint density at radius 1 is 0.257 bits per heavy atom. The monoisotopic (exact) mass is 895 g/mol. The first-order chi connectivity index (χ1) is 34.7. The van der Waals surface area contributed by atoms with Gasteiger partial charge in [-0.25, -0.2) is 0 Å². The van der Waals surface area contributed by atoms with Crippen molar-refractivity contribution in [2.75, 3.05) is 0 Å². The van der Waals surface area contributed by atoms with Crippen LogP contribution in [0.25, 0.3) is 159 Å². The zero-order chi connectivity index (χ0) is 45.3. The maximum atomic E-state index is 6.65. The van der Waals surface area contributed by atoms with E-state index in [1.54, 1.807) is 0 Å². The predicted molar refractivity (Wildman–Crippen MR) is 284 cm³/mol. The maximum Gasteiger partial charge on any atom is 0.185 e. The van der Waals surface area contributed by atoms with Crippen LogP contribution < -0.4 is 0 Å². The van der Waals surface area contributed by atoms with E-state index >= 15 is 0 Å². The molecule has 0 aliphatic carbocycles. The van der Waals surface area contributed by atoms with Gasteiger partial charge in [0.05, 0.1) is 38.6 Å². The van der Waals surface area contributed by atoms with Crippen LogP contribution in [0.4, 0.5) is 0 Å². The third-order valence-corrected chi connectivity index (χ3v) is 14.9.